The highest BCUT2D eigenvalue weighted by Crippen LogP contribution is 2.44. The van der Waals surface area contributed by atoms with Crippen molar-refractivity contribution in [1.29, 1.82) is 0 Å². The summed E-state index contributed by atoms with van der Waals surface area (Å²) in [4.78, 5) is 12.6. The Bertz CT molecular complexity index is 1100. The Morgan fingerprint density at radius 2 is 1.66 bits per heavy atom. The Labute approximate surface area is 245 Å². The van der Waals surface area contributed by atoms with Crippen molar-refractivity contribution >= 4 is 5.97 Å². The molecule has 2 aromatic carbocycles. The second-order valence-electron chi connectivity index (χ2n) is 13.0. The third-order valence-corrected chi connectivity index (χ3v) is 9.01. The molecule has 2 aliphatic rings. The number of carbonyl (C=O) groups excluding carboxylic acids is 1. The molecular weight excluding hydrogens is 520 g/mol. The molecule has 2 saturated heterocycles. The standard InChI is InChI=1S/C20H30NO3.C13H21NO3/c1-14(2)21(3)16-9-10-17(21)12-18(11-16)24-20(23)19(13-22)15-7-5-4-6-8-15;1-13(2,3)14-7-12(17)9-4-5-11(16)10(6-9)8-15/h4-8,14,16-19,22H,9-13H2,1-3H3;4-6,12,14-17H,7-8H2,1-3H3/q+1;/p-1. The summed E-state index contributed by atoms with van der Waals surface area (Å²) in [5.41, 5.74) is 1.72. The number of esters is 1. The Balaban J connectivity index is 0.000000241. The zero-order chi connectivity index (χ0) is 30.4. The van der Waals surface area contributed by atoms with E-state index in [-0.39, 0.29) is 36.6 Å². The van der Waals surface area contributed by atoms with Gasteiger partial charge in [-0.2, -0.15) is 0 Å². The number of aliphatic hydroxyl groups is 3. The van der Waals surface area contributed by atoms with E-state index >= 15 is 0 Å². The number of hydrogen-bond donors (Lipinski definition) is 4. The van der Waals surface area contributed by atoms with E-state index in [4.69, 9.17) is 9.84 Å². The van der Waals surface area contributed by atoms with Crippen molar-refractivity contribution in [3.05, 3.63) is 65.2 Å². The molecular formula is C33H50N2O6. The van der Waals surface area contributed by atoms with Gasteiger partial charge < -0.3 is 35.0 Å². The maximum absolute atomic E-state index is 12.6. The van der Waals surface area contributed by atoms with Crippen molar-refractivity contribution < 1.29 is 34.4 Å². The van der Waals surface area contributed by atoms with E-state index in [2.05, 4.69) is 26.2 Å². The quantitative estimate of drug-likeness (QED) is 0.269. The van der Waals surface area contributed by atoms with Crippen molar-refractivity contribution in [3.63, 3.8) is 0 Å². The van der Waals surface area contributed by atoms with Crippen molar-refractivity contribution in [2.45, 2.75) is 109 Å². The molecule has 4 rings (SSSR count). The molecule has 0 radical (unpaired) electrons. The minimum atomic E-state index is -0.680. The lowest BCUT2D eigenvalue weighted by Gasteiger charge is -2.49. The van der Waals surface area contributed by atoms with Gasteiger partial charge in [-0.1, -0.05) is 48.5 Å². The second-order valence-corrected chi connectivity index (χ2v) is 13.0. The molecule has 4 unspecified atom stereocenters. The Kier molecular flexibility index (Phi) is 11.4. The minimum Gasteiger partial charge on any atom is -0.872 e. The minimum absolute atomic E-state index is 0.00212. The molecule has 0 aliphatic carbocycles. The molecule has 0 spiro atoms. The molecule has 2 fully saturated rings. The average molecular weight is 571 g/mol. The number of β-amino-alcohol motifs (C(OH)–C–C–N with tert-alkyl or cyclic N) is 1. The van der Waals surface area contributed by atoms with Crippen LogP contribution < -0.4 is 10.4 Å². The fourth-order valence-corrected chi connectivity index (χ4v) is 6.27. The Morgan fingerprint density at radius 3 is 2.17 bits per heavy atom. The maximum atomic E-state index is 12.6. The number of piperidine rings is 1. The van der Waals surface area contributed by atoms with E-state index in [1.807, 2.05) is 51.1 Å². The zero-order valence-corrected chi connectivity index (χ0v) is 25.5. The summed E-state index contributed by atoms with van der Waals surface area (Å²) in [7, 11) is 2.37. The molecule has 2 heterocycles. The molecule has 2 bridgehead atoms. The summed E-state index contributed by atoms with van der Waals surface area (Å²) in [6.07, 6.45) is 3.68. The van der Waals surface area contributed by atoms with Crippen LogP contribution in [0, 0.1) is 0 Å². The number of ether oxygens (including phenoxy) is 1. The third-order valence-electron chi connectivity index (χ3n) is 9.01. The van der Waals surface area contributed by atoms with E-state index in [1.165, 1.54) is 18.9 Å². The first-order valence-electron chi connectivity index (χ1n) is 14.9. The first kappa shape index (κ1) is 33.0. The van der Waals surface area contributed by atoms with Gasteiger partial charge in [-0.05, 0) is 51.3 Å². The molecule has 228 valence electrons. The van der Waals surface area contributed by atoms with Gasteiger partial charge in [0.15, 0.2) is 0 Å². The lowest BCUT2D eigenvalue weighted by molar-refractivity contribution is -0.968. The largest absolute Gasteiger partial charge is 0.872 e. The highest BCUT2D eigenvalue weighted by Gasteiger charge is 2.53. The molecule has 8 heteroatoms. The number of hydrogen-bond acceptors (Lipinski definition) is 7. The van der Waals surface area contributed by atoms with E-state index in [0.717, 1.165) is 22.9 Å². The highest BCUT2D eigenvalue weighted by atomic mass is 16.5. The molecule has 41 heavy (non-hydrogen) atoms. The van der Waals surface area contributed by atoms with Gasteiger partial charge in [0.2, 0.25) is 0 Å². The number of carbonyl (C=O) groups is 1. The van der Waals surface area contributed by atoms with E-state index < -0.39 is 12.0 Å². The summed E-state index contributed by atoms with van der Waals surface area (Å²) in [5, 5.41) is 43.0. The number of nitrogens with zero attached hydrogens (tertiary/aromatic N) is 1. The molecule has 0 amide bonds. The first-order chi connectivity index (χ1) is 19.3. The second kappa shape index (κ2) is 14.1. The van der Waals surface area contributed by atoms with Crippen molar-refractivity contribution in [1.82, 2.24) is 5.32 Å². The number of benzene rings is 2. The predicted octanol–water partition coefficient (Wildman–Crippen LogP) is 3.53. The fourth-order valence-electron chi connectivity index (χ4n) is 6.27. The average Bonchev–Trinajstić information content (AvgIpc) is 3.09. The van der Waals surface area contributed by atoms with Gasteiger partial charge in [0.1, 0.15) is 12.0 Å². The highest BCUT2D eigenvalue weighted by molar-refractivity contribution is 5.78. The van der Waals surface area contributed by atoms with Crippen LogP contribution in [0.1, 0.15) is 89.0 Å². The summed E-state index contributed by atoms with van der Waals surface area (Å²) >= 11 is 0. The molecule has 8 nitrogen and oxygen atoms in total. The molecule has 2 aromatic rings. The molecule has 4 N–H and O–H groups in total. The summed E-state index contributed by atoms with van der Waals surface area (Å²) < 4.78 is 6.96. The van der Waals surface area contributed by atoms with Gasteiger partial charge in [-0.25, -0.2) is 0 Å². The molecule has 0 aromatic heterocycles. The van der Waals surface area contributed by atoms with Crippen LogP contribution in [-0.2, 0) is 16.1 Å². The third kappa shape index (κ3) is 8.30. The number of rotatable bonds is 9. The van der Waals surface area contributed by atoms with Crippen molar-refractivity contribution in [2.75, 3.05) is 20.2 Å². The van der Waals surface area contributed by atoms with Crippen LogP contribution in [0.3, 0.4) is 0 Å². The van der Waals surface area contributed by atoms with Gasteiger partial charge in [0.25, 0.3) is 0 Å². The van der Waals surface area contributed by atoms with Gasteiger partial charge >= 0.3 is 5.97 Å². The van der Waals surface area contributed by atoms with Gasteiger partial charge in [-0.3, -0.25) is 4.79 Å². The molecule has 2 aliphatic heterocycles. The van der Waals surface area contributed by atoms with E-state index in [9.17, 15) is 20.1 Å². The lowest BCUT2D eigenvalue weighted by Crippen LogP contribution is -2.62. The number of nitrogens with one attached hydrogen (secondary N) is 1. The van der Waals surface area contributed by atoms with Crippen LogP contribution in [0.15, 0.2) is 48.5 Å². The van der Waals surface area contributed by atoms with E-state index in [1.54, 1.807) is 12.1 Å². The molecule has 4 atom stereocenters. The van der Waals surface area contributed by atoms with Crippen molar-refractivity contribution in [3.8, 4) is 5.75 Å². The smallest absolute Gasteiger partial charge is 0.316 e. The van der Waals surface area contributed by atoms with Crippen LogP contribution in [0.4, 0.5) is 0 Å². The van der Waals surface area contributed by atoms with Gasteiger partial charge in [0, 0.05) is 37.8 Å². The first-order valence-corrected chi connectivity index (χ1v) is 14.9. The zero-order valence-electron chi connectivity index (χ0n) is 25.5. The van der Waals surface area contributed by atoms with Crippen LogP contribution >= 0.6 is 0 Å². The van der Waals surface area contributed by atoms with Crippen LogP contribution in [-0.4, -0.2) is 75.7 Å². The summed E-state index contributed by atoms with van der Waals surface area (Å²) in [5.74, 6) is -1.06. The van der Waals surface area contributed by atoms with Crippen LogP contribution in [0.25, 0.3) is 0 Å². The van der Waals surface area contributed by atoms with Crippen LogP contribution in [0.5, 0.6) is 5.75 Å². The predicted molar refractivity (Wildman–Crippen MR) is 158 cm³/mol. The molecule has 0 saturated carbocycles. The summed E-state index contributed by atoms with van der Waals surface area (Å²) in [6, 6.07) is 15.7. The Morgan fingerprint density at radius 1 is 1.05 bits per heavy atom. The number of aliphatic hydroxyl groups excluding tert-OH is 3. The normalized spacial score (nSPS) is 25.3. The number of quaternary nitrogens is 1. The fraction of sp³-hybridized carbons (Fsp3) is 0.606. The van der Waals surface area contributed by atoms with Gasteiger partial charge in [0.05, 0.1) is 44.5 Å². The number of fused-ring (bicyclic) bond motifs is 2. The lowest BCUT2D eigenvalue weighted by atomic mass is 9.94. The van der Waals surface area contributed by atoms with E-state index in [0.29, 0.717) is 35.8 Å². The topological polar surface area (TPSA) is 122 Å². The maximum Gasteiger partial charge on any atom is 0.316 e. The summed E-state index contributed by atoms with van der Waals surface area (Å²) in [6.45, 7) is 10.5. The van der Waals surface area contributed by atoms with Gasteiger partial charge in [-0.15, -0.1) is 5.75 Å². The Hall–Kier alpha value is -2.49. The SMILES string of the molecule is CC(C)(C)NCC(O)c1ccc([O-])c(CO)c1.CC(C)[N+]1(C)C2CCC1CC(OC(=O)C(CO)c1ccccc1)C2. The van der Waals surface area contributed by atoms with Crippen LogP contribution in [0.2, 0.25) is 0 Å². The monoisotopic (exact) mass is 570 g/mol. The van der Waals surface area contributed by atoms with Crippen molar-refractivity contribution in [2.24, 2.45) is 0 Å².